The molecule has 0 aliphatic rings. The quantitative estimate of drug-likeness (QED) is 0.552. The average molecular weight is 272 g/mol. The molecular formula is C14H10ClN3O. The maximum Gasteiger partial charge on any atom is 0.199 e. The summed E-state index contributed by atoms with van der Waals surface area (Å²) in [7, 11) is 0. The van der Waals surface area contributed by atoms with Gasteiger partial charge in [-0.25, -0.2) is 4.98 Å². The lowest BCUT2D eigenvalue weighted by atomic mass is 10.2. The Morgan fingerprint density at radius 1 is 1.16 bits per heavy atom. The predicted octanol–water partition coefficient (Wildman–Crippen LogP) is 3.67. The van der Waals surface area contributed by atoms with Crippen LogP contribution >= 0.6 is 11.6 Å². The van der Waals surface area contributed by atoms with Gasteiger partial charge in [-0.15, -0.1) is 0 Å². The van der Waals surface area contributed by atoms with Gasteiger partial charge >= 0.3 is 0 Å². The fourth-order valence-corrected chi connectivity index (χ4v) is 1.99. The molecule has 0 fully saturated rings. The molecule has 0 atom stereocenters. The molecule has 0 saturated heterocycles. The van der Waals surface area contributed by atoms with Gasteiger partial charge in [0.25, 0.3) is 0 Å². The highest BCUT2D eigenvalue weighted by atomic mass is 35.5. The van der Waals surface area contributed by atoms with Crippen LogP contribution in [0.5, 0.6) is 5.88 Å². The number of aromatic amines is 1. The molecular weight excluding hydrogens is 262 g/mol. The summed E-state index contributed by atoms with van der Waals surface area (Å²) in [6.07, 6.45) is 1.61. The van der Waals surface area contributed by atoms with E-state index in [4.69, 9.17) is 11.6 Å². The lowest BCUT2D eigenvalue weighted by molar-refractivity contribution is 0.457. The van der Waals surface area contributed by atoms with Crippen molar-refractivity contribution in [3.05, 3.63) is 53.2 Å². The van der Waals surface area contributed by atoms with Gasteiger partial charge in [0.15, 0.2) is 5.88 Å². The maximum absolute atomic E-state index is 9.87. The van der Waals surface area contributed by atoms with Crippen LogP contribution in [0, 0.1) is 0 Å². The molecule has 0 aliphatic heterocycles. The van der Waals surface area contributed by atoms with E-state index in [9.17, 15) is 5.11 Å². The molecule has 3 rings (SSSR count). The monoisotopic (exact) mass is 271 g/mol. The van der Waals surface area contributed by atoms with Crippen molar-refractivity contribution in [3.8, 4) is 5.88 Å². The van der Waals surface area contributed by atoms with E-state index >= 15 is 0 Å². The fourth-order valence-electron chi connectivity index (χ4n) is 1.84. The van der Waals surface area contributed by atoms with Crippen molar-refractivity contribution < 1.29 is 5.11 Å². The van der Waals surface area contributed by atoms with Gasteiger partial charge in [0, 0.05) is 11.6 Å². The summed E-state index contributed by atoms with van der Waals surface area (Å²) in [4.78, 5) is 11.2. The van der Waals surface area contributed by atoms with Crippen molar-refractivity contribution in [2.75, 3.05) is 0 Å². The molecule has 0 spiro atoms. The zero-order chi connectivity index (χ0) is 13.2. The van der Waals surface area contributed by atoms with Crippen LogP contribution in [0.1, 0.15) is 5.56 Å². The van der Waals surface area contributed by atoms with Crippen molar-refractivity contribution in [1.82, 2.24) is 9.97 Å². The van der Waals surface area contributed by atoms with Crippen molar-refractivity contribution in [1.29, 1.82) is 0 Å². The van der Waals surface area contributed by atoms with Gasteiger partial charge in [0.05, 0.1) is 11.3 Å². The predicted molar refractivity (Wildman–Crippen MR) is 76.5 cm³/mol. The lowest BCUT2D eigenvalue weighted by Gasteiger charge is -1.93. The second kappa shape index (κ2) is 4.74. The number of rotatable bonds is 2. The average Bonchev–Trinajstić information content (AvgIpc) is 2.72. The molecule has 0 amide bonds. The number of H-pyrrole nitrogens is 1. The molecule has 3 aromatic rings. The molecule has 0 bridgehead atoms. The molecule has 0 unspecified atom stereocenters. The number of nitrogens with one attached hydrogen (secondary N) is 1. The Labute approximate surface area is 114 Å². The van der Waals surface area contributed by atoms with Crippen LogP contribution in [-0.4, -0.2) is 21.3 Å². The van der Waals surface area contributed by atoms with Gasteiger partial charge in [-0.1, -0.05) is 29.8 Å². The number of halogens is 1. The molecule has 19 heavy (non-hydrogen) atoms. The summed E-state index contributed by atoms with van der Waals surface area (Å²) in [6.45, 7) is 0. The van der Waals surface area contributed by atoms with Crippen molar-refractivity contribution in [3.63, 3.8) is 0 Å². The Kier molecular flexibility index (Phi) is 2.93. The molecule has 0 radical (unpaired) electrons. The van der Waals surface area contributed by atoms with Gasteiger partial charge in [-0.2, -0.15) is 0 Å². The number of nitrogens with zero attached hydrogens (tertiary/aromatic N) is 2. The highest BCUT2D eigenvalue weighted by molar-refractivity contribution is 6.29. The third-order valence-corrected chi connectivity index (χ3v) is 2.95. The van der Waals surface area contributed by atoms with E-state index in [0.29, 0.717) is 16.4 Å². The molecule has 1 aromatic carbocycles. The Balaban J connectivity index is 2.06. The SMILES string of the molecule is Oc1[nH]c2nc(Cl)ccc2c1C=Nc1ccccc1. The minimum Gasteiger partial charge on any atom is -0.494 e. The second-order valence-electron chi connectivity index (χ2n) is 4.01. The number of aliphatic imine (C=N–C) groups is 1. The van der Waals surface area contributed by atoms with E-state index in [1.54, 1.807) is 18.3 Å². The van der Waals surface area contributed by atoms with Crippen molar-refractivity contribution in [2.45, 2.75) is 0 Å². The third-order valence-electron chi connectivity index (χ3n) is 2.74. The van der Waals surface area contributed by atoms with Crippen LogP contribution in [0.15, 0.2) is 47.5 Å². The first-order valence-corrected chi connectivity index (χ1v) is 6.08. The van der Waals surface area contributed by atoms with Gasteiger partial charge in [-0.3, -0.25) is 4.99 Å². The number of hydrogen-bond donors (Lipinski definition) is 2. The highest BCUT2D eigenvalue weighted by Crippen LogP contribution is 2.26. The minimum atomic E-state index is 0.0319. The normalized spacial score (nSPS) is 11.4. The standard InChI is InChI=1S/C14H10ClN3O/c15-12-7-6-10-11(14(19)18-13(10)17-12)8-16-9-4-2-1-3-5-9/h1-8,19H,(H,17,18). The second-order valence-corrected chi connectivity index (χ2v) is 4.40. The first kappa shape index (κ1) is 11.7. The van der Waals surface area contributed by atoms with Crippen molar-refractivity contribution >= 4 is 34.5 Å². The minimum absolute atomic E-state index is 0.0319. The number of aromatic nitrogens is 2. The topological polar surface area (TPSA) is 61.3 Å². The Morgan fingerprint density at radius 3 is 2.74 bits per heavy atom. The van der Waals surface area contributed by atoms with Gasteiger partial charge < -0.3 is 10.1 Å². The number of fused-ring (bicyclic) bond motifs is 1. The summed E-state index contributed by atoms with van der Waals surface area (Å²) >= 11 is 5.81. The largest absolute Gasteiger partial charge is 0.494 e. The van der Waals surface area contributed by atoms with E-state index < -0.39 is 0 Å². The first-order valence-electron chi connectivity index (χ1n) is 5.70. The van der Waals surface area contributed by atoms with E-state index in [-0.39, 0.29) is 5.88 Å². The van der Waals surface area contributed by atoms with Crippen LogP contribution in [0.25, 0.3) is 11.0 Å². The fraction of sp³-hybridized carbons (Fsp3) is 0. The van der Waals surface area contributed by atoms with Crippen molar-refractivity contribution in [2.24, 2.45) is 4.99 Å². The number of pyridine rings is 1. The molecule has 0 saturated carbocycles. The number of hydrogen-bond acceptors (Lipinski definition) is 3. The highest BCUT2D eigenvalue weighted by Gasteiger charge is 2.09. The van der Waals surface area contributed by atoms with Gasteiger partial charge in [0.1, 0.15) is 10.8 Å². The zero-order valence-corrected chi connectivity index (χ0v) is 10.6. The van der Waals surface area contributed by atoms with E-state index in [2.05, 4.69) is 15.0 Å². The molecule has 4 nitrogen and oxygen atoms in total. The lowest BCUT2D eigenvalue weighted by Crippen LogP contribution is -1.80. The Bertz CT molecular complexity index is 750. The Morgan fingerprint density at radius 2 is 1.95 bits per heavy atom. The maximum atomic E-state index is 9.87. The molecule has 5 heteroatoms. The number of benzene rings is 1. The molecule has 2 heterocycles. The summed E-state index contributed by atoms with van der Waals surface area (Å²) in [5.74, 6) is 0.0319. The Hall–Kier alpha value is -2.33. The van der Waals surface area contributed by atoms with E-state index in [0.717, 1.165) is 11.1 Å². The van der Waals surface area contributed by atoms with E-state index in [1.165, 1.54) is 0 Å². The number of para-hydroxylation sites is 1. The van der Waals surface area contributed by atoms with Gasteiger partial charge in [0.2, 0.25) is 0 Å². The summed E-state index contributed by atoms with van der Waals surface area (Å²) in [5, 5.41) is 11.0. The summed E-state index contributed by atoms with van der Waals surface area (Å²) in [6, 6.07) is 13.0. The van der Waals surface area contributed by atoms with Crippen LogP contribution < -0.4 is 0 Å². The molecule has 0 aliphatic carbocycles. The van der Waals surface area contributed by atoms with Crippen LogP contribution in [0.3, 0.4) is 0 Å². The summed E-state index contributed by atoms with van der Waals surface area (Å²) in [5.41, 5.74) is 1.96. The zero-order valence-electron chi connectivity index (χ0n) is 9.84. The van der Waals surface area contributed by atoms with Crippen LogP contribution in [0.4, 0.5) is 5.69 Å². The first-order chi connectivity index (χ1) is 9.24. The molecule has 2 aromatic heterocycles. The third kappa shape index (κ3) is 2.30. The number of aromatic hydroxyl groups is 1. The van der Waals surface area contributed by atoms with E-state index in [1.807, 2.05) is 30.3 Å². The smallest absolute Gasteiger partial charge is 0.199 e. The van der Waals surface area contributed by atoms with Crippen LogP contribution in [0.2, 0.25) is 5.15 Å². The molecule has 2 N–H and O–H groups in total. The van der Waals surface area contributed by atoms with Crippen LogP contribution in [-0.2, 0) is 0 Å². The summed E-state index contributed by atoms with van der Waals surface area (Å²) < 4.78 is 0. The molecule has 94 valence electrons. The van der Waals surface area contributed by atoms with Gasteiger partial charge in [-0.05, 0) is 24.3 Å².